The van der Waals surface area contributed by atoms with E-state index in [1.807, 2.05) is 6.92 Å². The topological polar surface area (TPSA) is 86.8 Å². The van der Waals surface area contributed by atoms with Crippen LogP contribution in [0.3, 0.4) is 0 Å². The Bertz CT molecular complexity index is 474. The van der Waals surface area contributed by atoms with Gasteiger partial charge in [-0.25, -0.2) is 0 Å². The number of nitrogens with two attached hydrogens (primary N) is 1. The minimum Gasteiger partial charge on any atom is -0.508 e. The maximum absolute atomic E-state index is 12.4. The van der Waals surface area contributed by atoms with E-state index in [1.54, 1.807) is 4.90 Å². The molecular weight excluding hydrogens is 244 g/mol. The van der Waals surface area contributed by atoms with E-state index in [0.717, 1.165) is 12.8 Å². The number of nitrogens with zero attached hydrogens (tertiary/aromatic N) is 1. The van der Waals surface area contributed by atoms with E-state index in [1.165, 1.54) is 18.2 Å². The molecule has 0 radical (unpaired) electrons. The number of aromatic hydroxyl groups is 2. The Morgan fingerprint density at radius 2 is 2.21 bits per heavy atom. The average Bonchev–Trinajstić information content (AvgIpc) is 2.41. The standard InChI is InChI=1S/C14H20N2O3/c1-9(15)10-3-2-6-16(8-10)14(19)12-7-11(17)4-5-13(12)18/h4-5,7,9-10,17-18H,2-3,6,8,15H2,1H3. The predicted octanol–water partition coefficient (Wildman–Crippen LogP) is 1.30. The van der Waals surface area contributed by atoms with Crippen molar-refractivity contribution >= 4 is 5.91 Å². The van der Waals surface area contributed by atoms with Crippen LogP contribution in [-0.2, 0) is 0 Å². The van der Waals surface area contributed by atoms with E-state index in [4.69, 9.17) is 5.73 Å². The summed E-state index contributed by atoms with van der Waals surface area (Å²) in [5.74, 6) is -0.0940. The van der Waals surface area contributed by atoms with Crippen molar-refractivity contribution < 1.29 is 15.0 Å². The minimum atomic E-state index is -0.251. The van der Waals surface area contributed by atoms with Crippen LogP contribution in [0, 0.1) is 5.92 Å². The number of hydrogen-bond donors (Lipinski definition) is 3. The molecule has 1 aliphatic rings. The number of carbonyl (C=O) groups is 1. The number of hydrogen-bond acceptors (Lipinski definition) is 4. The zero-order chi connectivity index (χ0) is 14.0. The van der Waals surface area contributed by atoms with Gasteiger partial charge >= 0.3 is 0 Å². The van der Waals surface area contributed by atoms with Crippen LogP contribution < -0.4 is 5.73 Å². The molecule has 1 saturated heterocycles. The first kappa shape index (κ1) is 13.7. The van der Waals surface area contributed by atoms with Gasteiger partial charge in [0.05, 0.1) is 5.56 Å². The summed E-state index contributed by atoms with van der Waals surface area (Å²) in [7, 11) is 0. The van der Waals surface area contributed by atoms with Gasteiger partial charge in [-0.05, 0) is 43.9 Å². The largest absolute Gasteiger partial charge is 0.508 e. The van der Waals surface area contributed by atoms with E-state index >= 15 is 0 Å². The molecule has 5 nitrogen and oxygen atoms in total. The number of carbonyl (C=O) groups excluding carboxylic acids is 1. The fourth-order valence-electron chi connectivity index (χ4n) is 2.49. The molecule has 1 heterocycles. The second-order valence-electron chi connectivity index (χ2n) is 5.21. The van der Waals surface area contributed by atoms with E-state index in [9.17, 15) is 15.0 Å². The van der Waals surface area contributed by atoms with Crippen molar-refractivity contribution in [3.63, 3.8) is 0 Å². The molecular formula is C14H20N2O3. The summed E-state index contributed by atoms with van der Waals surface area (Å²) in [5, 5.41) is 19.2. The fourth-order valence-corrected chi connectivity index (χ4v) is 2.49. The van der Waals surface area contributed by atoms with Gasteiger partial charge in [-0.3, -0.25) is 4.79 Å². The third-order valence-electron chi connectivity index (χ3n) is 3.70. The maximum Gasteiger partial charge on any atom is 0.257 e. The van der Waals surface area contributed by atoms with Crippen LogP contribution in [0.5, 0.6) is 11.5 Å². The molecule has 1 aromatic rings. The summed E-state index contributed by atoms with van der Waals surface area (Å²) in [6, 6.07) is 4.03. The van der Waals surface area contributed by atoms with E-state index < -0.39 is 0 Å². The predicted molar refractivity (Wildman–Crippen MR) is 72.0 cm³/mol. The lowest BCUT2D eigenvalue weighted by molar-refractivity contribution is 0.0657. The summed E-state index contributed by atoms with van der Waals surface area (Å²) in [6.07, 6.45) is 1.94. The quantitative estimate of drug-likeness (QED) is 0.703. The molecule has 104 valence electrons. The maximum atomic E-state index is 12.4. The first-order chi connectivity index (χ1) is 8.99. The van der Waals surface area contributed by atoms with Gasteiger partial charge in [0.1, 0.15) is 11.5 Å². The first-order valence-electron chi connectivity index (χ1n) is 6.56. The highest BCUT2D eigenvalue weighted by Gasteiger charge is 2.27. The summed E-state index contributed by atoms with van der Waals surface area (Å²) < 4.78 is 0. The lowest BCUT2D eigenvalue weighted by Crippen LogP contribution is -2.45. The van der Waals surface area contributed by atoms with E-state index in [2.05, 4.69) is 0 Å². The van der Waals surface area contributed by atoms with Gasteiger partial charge in [0.25, 0.3) is 5.91 Å². The molecule has 2 rings (SSSR count). The monoisotopic (exact) mass is 264 g/mol. The normalized spacial score (nSPS) is 21.2. The van der Waals surface area contributed by atoms with Gasteiger partial charge in [0.2, 0.25) is 0 Å². The number of phenolic OH excluding ortho intramolecular Hbond substituents is 2. The number of rotatable bonds is 2. The van der Waals surface area contributed by atoms with Crippen molar-refractivity contribution in [2.24, 2.45) is 11.7 Å². The molecule has 0 spiro atoms. The Morgan fingerprint density at radius 3 is 2.89 bits per heavy atom. The molecule has 5 heteroatoms. The van der Waals surface area contributed by atoms with E-state index in [-0.39, 0.29) is 34.9 Å². The lowest BCUT2D eigenvalue weighted by atomic mass is 9.92. The summed E-state index contributed by atoms with van der Waals surface area (Å²) in [4.78, 5) is 14.1. The lowest BCUT2D eigenvalue weighted by Gasteiger charge is -2.34. The van der Waals surface area contributed by atoms with Crippen LogP contribution in [0.4, 0.5) is 0 Å². The Hall–Kier alpha value is -1.75. The number of likely N-dealkylation sites (tertiary alicyclic amines) is 1. The second-order valence-corrected chi connectivity index (χ2v) is 5.21. The third-order valence-corrected chi connectivity index (χ3v) is 3.70. The van der Waals surface area contributed by atoms with Gasteiger partial charge in [0, 0.05) is 19.1 Å². The average molecular weight is 264 g/mol. The number of amides is 1. The molecule has 2 atom stereocenters. The molecule has 2 unspecified atom stereocenters. The Kier molecular flexibility index (Phi) is 3.95. The molecule has 4 N–H and O–H groups in total. The van der Waals surface area contributed by atoms with Crippen LogP contribution in [-0.4, -0.2) is 40.2 Å². The van der Waals surface area contributed by atoms with Crippen LogP contribution in [0.2, 0.25) is 0 Å². The number of benzene rings is 1. The van der Waals surface area contributed by atoms with Crippen molar-refractivity contribution in [3.05, 3.63) is 23.8 Å². The van der Waals surface area contributed by atoms with E-state index in [0.29, 0.717) is 13.1 Å². The molecule has 1 aliphatic heterocycles. The summed E-state index contributed by atoms with van der Waals surface area (Å²) in [6.45, 7) is 3.22. The highest BCUT2D eigenvalue weighted by atomic mass is 16.3. The van der Waals surface area contributed by atoms with Crippen molar-refractivity contribution in [1.82, 2.24) is 4.90 Å². The van der Waals surface area contributed by atoms with Crippen LogP contribution in [0.1, 0.15) is 30.1 Å². The molecule has 0 saturated carbocycles. The Morgan fingerprint density at radius 1 is 1.47 bits per heavy atom. The molecule has 0 bridgehead atoms. The smallest absolute Gasteiger partial charge is 0.257 e. The third kappa shape index (κ3) is 2.98. The highest BCUT2D eigenvalue weighted by molar-refractivity contribution is 5.97. The molecule has 0 aliphatic carbocycles. The van der Waals surface area contributed by atoms with Crippen LogP contribution >= 0.6 is 0 Å². The van der Waals surface area contributed by atoms with Gasteiger partial charge in [-0.15, -0.1) is 0 Å². The van der Waals surface area contributed by atoms with Crippen LogP contribution in [0.15, 0.2) is 18.2 Å². The zero-order valence-corrected chi connectivity index (χ0v) is 11.0. The highest BCUT2D eigenvalue weighted by Crippen LogP contribution is 2.26. The van der Waals surface area contributed by atoms with Crippen LogP contribution in [0.25, 0.3) is 0 Å². The molecule has 0 aromatic heterocycles. The van der Waals surface area contributed by atoms with Crippen molar-refractivity contribution in [2.75, 3.05) is 13.1 Å². The van der Waals surface area contributed by atoms with Crippen molar-refractivity contribution in [2.45, 2.75) is 25.8 Å². The summed E-state index contributed by atoms with van der Waals surface area (Å²) >= 11 is 0. The van der Waals surface area contributed by atoms with Crippen molar-refractivity contribution in [3.8, 4) is 11.5 Å². The number of piperidine rings is 1. The van der Waals surface area contributed by atoms with Gasteiger partial charge in [0.15, 0.2) is 0 Å². The molecule has 1 aromatic carbocycles. The fraction of sp³-hybridized carbons (Fsp3) is 0.500. The van der Waals surface area contributed by atoms with Gasteiger partial charge in [-0.1, -0.05) is 0 Å². The van der Waals surface area contributed by atoms with Gasteiger partial charge < -0.3 is 20.8 Å². The SMILES string of the molecule is CC(N)C1CCCN(C(=O)c2cc(O)ccc2O)C1. The zero-order valence-electron chi connectivity index (χ0n) is 11.0. The molecule has 19 heavy (non-hydrogen) atoms. The van der Waals surface area contributed by atoms with Crippen molar-refractivity contribution in [1.29, 1.82) is 0 Å². The Labute approximate surface area is 112 Å². The summed E-state index contributed by atoms with van der Waals surface area (Å²) in [5.41, 5.74) is 6.04. The second kappa shape index (κ2) is 5.48. The number of phenols is 2. The first-order valence-corrected chi connectivity index (χ1v) is 6.56. The molecule has 1 fully saturated rings. The minimum absolute atomic E-state index is 0.0260. The van der Waals surface area contributed by atoms with Gasteiger partial charge in [-0.2, -0.15) is 0 Å². The Balaban J connectivity index is 2.17. The molecule has 1 amide bonds.